The number of rotatable bonds is 6. The van der Waals surface area contributed by atoms with Gasteiger partial charge in [0.25, 0.3) is 0 Å². The Hall–Kier alpha value is -3.02. The molecular weight excluding hydrogens is 462 g/mol. The fraction of sp³-hybridized carbons (Fsp3) is 0.345. The van der Waals surface area contributed by atoms with Gasteiger partial charge in [-0.25, -0.2) is 0 Å². The van der Waals surface area contributed by atoms with Crippen molar-refractivity contribution in [3.63, 3.8) is 0 Å². The van der Waals surface area contributed by atoms with Crippen LogP contribution in [0.25, 0.3) is 0 Å². The summed E-state index contributed by atoms with van der Waals surface area (Å²) in [5.41, 5.74) is 3.80. The second-order valence-electron chi connectivity index (χ2n) is 9.70. The largest absolute Gasteiger partial charge is 0.493 e. The van der Waals surface area contributed by atoms with Gasteiger partial charge in [-0.05, 0) is 91.8 Å². The number of fused-ring (bicyclic) bond motifs is 1. The molecule has 5 rings (SSSR count). The Morgan fingerprint density at radius 3 is 2.29 bits per heavy atom. The summed E-state index contributed by atoms with van der Waals surface area (Å²) in [5.74, 6) is 1.26. The normalized spacial score (nSPS) is 18.7. The van der Waals surface area contributed by atoms with Crippen molar-refractivity contribution < 1.29 is 19.4 Å². The van der Waals surface area contributed by atoms with Gasteiger partial charge in [-0.1, -0.05) is 35.9 Å². The highest BCUT2D eigenvalue weighted by Gasteiger charge is 2.38. The molecule has 1 N–H and O–H groups in total. The molecule has 5 nitrogen and oxygen atoms in total. The van der Waals surface area contributed by atoms with Gasteiger partial charge in [-0.3, -0.25) is 4.79 Å². The zero-order valence-electron chi connectivity index (χ0n) is 20.3. The number of amides is 1. The molecule has 1 fully saturated rings. The Morgan fingerprint density at radius 1 is 1.03 bits per heavy atom. The third kappa shape index (κ3) is 4.39. The van der Waals surface area contributed by atoms with E-state index in [0.29, 0.717) is 16.5 Å². The number of anilines is 1. The molecule has 0 radical (unpaired) electrons. The number of aliphatic hydroxyl groups is 1. The van der Waals surface area contributed by atoms with Gasteiger partial charge in [0.15, 0.2) is 11.5 Å². The topological polar surface area (TPSA) is 59.0 Å². The monoisotopic (exact) mass is 491 g/mol. The van der Waals surface area contributed by atoms with Crippen molar-refractivity contribution in [2.75, 3.05) is 12.0 Å². The molecular formula is C29H30ClNO4. The molecule has 3 aromatic rings. The number of carbonyl (C=O) groups is 1. The highest BCUT2D eigenvalue weighted by atomic mass is 35.5. The van der Waals surface area contributed by atoms with Crippen LogP contribution in [-0.4, -0.2) is 24.2 Å². The average molecular weight is 492 g/mol. The number of halogens is 1. The Kier molecular flexibility index (Phi) is 6.24. The van der Waals surface area contributed by atoms with Gasteiger partial charge >= 0.3 is 0 Å². The van der Waals surface area contributed by atoms with Gasteiger partial charge in [0, 0.05) is 10.7 Å². The van der Waals surface area contributed by atoms with Crippen molar-refractivity contribution in [1.29, 1.82) is 0 Å². The fourth-order valence-electron chi connectivity index (χ4n) is 5.06. The summed E-state index contributed by atoms with van der Waals surface area (Å²) in [6, 6.07) is 18.9. The van der Waals surface area contributed by atoms with E-state index in [1.54, 1.807) is 7.11 Å². The van der Waals surface area contributed by atoms with Crippen molar-refractivity contribution in [2.24, 2.45) is 0 Å². The first-order valence-electron chi connectivity index (χ1n) is 12.1. The summed E-state index contributed by atoms with van der Waals surface area (Å²) in [4.78, 5) is 15.4. The lowest BCUT2D eigenvalue weighted by Crippen LogP contribution is -2.41. The van der Waals surface area contributed by atoms with Gasteiger partial charge in [-0.2, -0.15) is 0 Å². The quantitative estimate of drug-likeness (QED) is 0.447. The zero-order chi connectivity index (χ0) is 24.7. The fourth-order valence-corrected chi connectivity index (χ4v) is 5.19. The molecule has 35 heavy (non-hydrogen) atoms. The molecule has 0 saturated heterocycles. The summed E-state index contributed by atoms with van der Waals surface area (Å²) in [6.45, 7) is 3.95. The Labute approximate surface area is 211 Å². The van der Waals surface area contributed by atoms with Crippen LogP contribution >= 0.6 is 11.6 Å². The van der Waals surface area contributed by atoms with Crippen LogP contribution in [0.1, 0.15) is 61.4 Å². The molecule has 0 spiro atoms. The van der Waals surface area contributed by atoms with Crippen molar-refractivity contribution in [3.05, 3.63) is 87.9 Å². The van der Waals surface area contributed by atoms with Crippen LogP contribution in [-0.2, 0) is 16.8 Å². The molecule has 182 valence electrons. The zero-order valence-corrected chi connectivity index (χ0v) is 21.0. The minimum absolute atomic E-state index is 0.00728. The van der Waals surface area contributed by atoms with E-state index in [0.717, 1.165) is 47.2 Å². The maximum absolute atomic E-state index is 13.6. The van der Waals surface area contributed by atoms with Crippen molar-refractivity contribution in [3.8, 4) is 11.5 Å². The third-order valence-electron chi connectivity index (χ3n) is 7.00. The van der Waals surface area contributed by atoms with E-state index < -0.39 is 5.60 Å². The van der Waals surface area contributed by atoms with Crippen molar-refractivity contribution in [2.45, 2.75) is 57.3 Å². The first-order chi connectivity index (χ1) is 16.8. The molecule has 1 amide bonds. The van der Waals surface area contributed by atoms with Crippen LogP contribution in [0.5, 0.6) is 11.5 Å². The van der Waals surface area contributed by atoms with Crippen LogP contribution in [0, 0.1) is 0 Å². The number of ether oxygens (including phenoxy) is 2. The molecule has 3 aromatic carbocycles. The summed E-state index contributed by atoms with van der Waals surface area (Å²) in [6.07, 6.45) is 2.81. The number of hydrogen-bond donors (Lipinski definition) is 1. The number of benzene rings is 3. The minimum atomic E-state index is -0.744. The van der Waals surface area contributed by atoms with Gasteiger partial charge in [0.05, 0.1) is 31.3 Å². The molecule has 6 heteroatoms. The lowest BCUT2D eigenvalue weighted by Gasteiger charge is -2.39. The van der Waals surface area contributed by atoms with Gasteiger partial charge in [0.1, 0.15) is 0 Å². The molecule has 0 aromatic heterocycles. The van der Waals surface area contributed by atoms with Crippen LogP contribution in [0.15, 0.2) is 60.7 Å². The molecule has 1 aliphatic carbocycles. The molecule has 2 aliphatic rings. The minimum Gasteiger partial charge on any atom is -0.493 e. The average Bonchev–Trinajstić information content (AvgIpc) is 2.82. The van der Waals surface area contributed by atoms with E-state index in [-0.39, 0.29) is 24.5 Å². The summed E-state index contributed by atoms with van der Waals surface area (Å²) >= 11 is 6.19. The van der Waals surface area contributed by atoms with E-state index in [9.17, 15) is 9.90 Å². The SMILES string of the molecule is COc1cc2c(cc1OC(C)C)[C@H](c1ccc(Cl)cc1)N(c1ccc(C3(O)CCC3)cc1)C(=O)C2. The molecule has 0 unspecified atom stereocenters. The second kappa shape index (κ2) is 9.21. The van der Waals surface area contributed by atoms with E-state index in [4.69, 9.17) is 21.1 Å². The highest BCUT2D eigenvalue weighted by molar-refractivity contribution is 6.30. The van der Waals surface area contributed by atoms with Crippen LogP contribution in [0.2, 0.25) is 5.02 Å². The van der Waals surface area contributed by atoms with E-state index in [2.05, 4.69) is 0 Å². The second-order valence-corrected chi connectivity index (χ2v) is 10.1. The number of methoxy groups -OCH3 is 1. The standard InChI is InChI=1S/C29H30ClNO4/c1-18(2)35-26-17-24-20(15-25(26)34-3)16-27(32)31(28(24)19-5-9-22(30)10-6-19)23-11-7-21(8-12-23)29(33)13-4-14-29/h5-12,15,17-18,28,33H,4,13-14,16H2,1-3H3/t28-/m0/s1. The van der Waals surface area contributed by atoms with Gasteiger partial charge in [-0.15, -0.1) is 0 Å². The predicted octanol–water partition coefficient (Wildman–Crippen LogP) is 6.19. The maximum atomic E-state index is 13.6. The van der Waals surface area contributed by atoms with Crippen LogP contribution < -0.4 is 14.4 Å². The lowest BCUT2D eigenvalue weighted by atomic mass is 9.75. The smallest absolute Gasteiger partial charge is 0.232 e. The Balaban J connectivity index is 1.63. The van der Waals surface area contributed by atoms with Crippen LogP contribution in [0.4, 0.5) is 5.69 Å². The first-order valence-corrected chi connectivity index (χ1v) is 12.4. The van der Waals surface area contributed by atoms with Crippen molar-refractivity contribution >= 4 is 23.2 Å². The van der Waals surface area contributed by atoms with Crippen LogP contribution in [0.3, 0.4) is 0 Å². The molecule has 1 aliphatic heterocycles. The Morgan fingerprint density at radius 2 is 1.71 bits per heavy atom. The van der Waals surface area contributed by atoms with Crippen molar-refractivity contribution in [1.82, 2.24) is 0 Å². The number of hydrogen-bond acceptors (Lipinski definition) is 4. The molecule has 1 atom stereocenters. The molecule has 1 saturated carbocycles. The summed E-state index contributed by atoms with van der Waals surface area (Å²) in [5, 5.41) is 11.4. The summed E-state index contributed by atoms with van der Waals surface area (Å²) in [7, 11) is 1.61. The Bertz CT molecular complexity index is 1230. The predicted molar refractivity (Wildman–Crippen MR) is 137 cm³/mol. The molecule has 1 heterocycles. The van der Waals surface area contributed by atoms with E-state index >= 15 is 0 Å². The first kappa shape index (κ1) is 23.7. The highest BCUT2D eigenvalue weighted by Crippen LogP contribution is 2.45. The maximum Gasteiger partial charge on any atom is 0.232 e. The van der Waals surface area contributed by atoms with Gasteiger partial charge < -0.3 is 19.5 Å². The number of carbonyl (C=O) groups excluding carboxylic acids is 1. The van der Waals surface area contributed by atoms with Gasteiger partial charge in [0.2, 0.25) is 5.91 Å². The third-order valence-corrected chi connectivity index (χ3v) is 7.25. The van der Waals surface area contributed by atoms with E-state index in [1.165, 1.54) is 0 Å². The van der Waals surface area contributed by atoms with E-state index in [1.807, 2.05) is 79.4 Å². The summed E-state index contributed by atoms with van der Waals surface area (Å²) < 4.78 is 11.7. The molecule has 0 bridgehead atoms. The lowest BCUT2D eigenvalue weighted by molar-refractivity contribution is -0.118. The number of nitrogens with zero attached hydrogens (tertiary/aromatic N) is 1.